The highest BCUT2D eigenvalue weighted by Gasteiger charge is 2.34. The summed E-state index contributed by atoms with van der Waals surface area (Å²) in [5, 5.41) is 25.8. The van der Waals surface area contributed by atoms with Crippen molar-refractivity contribution in [3.63, 3.8) is 0 Å². The van der Waals surface area contributed by atoms with Crippen LogP contribution in [0.1, 0.15) is 64.1 Å². The first-order valence-corrected chi connectivity index (χ1v) is 39.0. The number of carbonyl (C=O) groups excluding carboxylic acids is 11. The molecule has 8 aromatic carbocycles. The number of ketones is 4. The number of hydrogen-bond donors (Lipinski definition) is 8. The summed E-state index contributed by atoms with van der Waals surface area (Å²) in [6, 6.07) is 74.8. The molecule has 120 heavy (non-hydrogen) atoms. The van der Waals surface area contributed by atoms with E-state index in [0.29, 0.717) is 29.3 Å². The standard InChI is InChI=1S/C26H23N5O4.C21H21N5O3S.C20H18N4O4S.C19H17N3O3S/c1-35-30-26(34)23(32)22(17-18-9-4-2-5-10-18)28-25(33)20-13-8-15-27-24(20)31-16-14-21(29-31)19-11-6-3-7-12-19;1-26(2)23-21(29)19(27)16(13-14-9-5-3-6-10-14)22-20(28)18-17(24-30-25-18)15-11-7-4-8-12-15;1-28-22-20(27)18(25)15(12-13-8-4-2-5-9-13)21-19(26)17-16(23-29-24-17)14-10-6-3-7-11-14;23-12-16(24)15(11-13-7-3-1-4-8-13)20-19(25)18-17(21-26-22-18)14-9-5-2-6-10-14/h2-16,22H,17H2,1H3,(H,28,33)(H,30,34);3-12,16H,13H2,1-2H3,(H,22,28)(H,23,29);2-11,15H,12H2,1H3,(H,21,26)(H,22,27);1-10,15,23H,11-12H2,(H,20,25). The Labute approximate surface area is 700 Å². The number of amides is 7. The highest BCUT2D eigenvalue weighted by molar-refractivity contribution is 7.00. The molecule has 4 unspecified atom stereocenters. The van der Waals surface area contributed by atoms with Crippen LogP contribution >= 0.6 is 35.2 Å². The van der Waals surface area contributed by atoms with Crippen LogP contribution in [0.4, 0.5) is 0 Å². The first kappa shape index (κ1) is 88.0. The summed E-state index contributed by atoms with van der Waals surface area (Å²) >= 11 is 2.75. The van der Waals surface area contributed by atoms with Gasteiger partial charge in [-0.05, 0) is 46.9 Å². The second-order valence-corrected chi connectivity index (χ2v) is 27.6. The first-order valence-electron chi connectivity index (χ1n) is 36.8. The van der Waals surface area contributed by atoms with Crippen LogP contribution in [-0.4, -0.2) is 175 Å². The van der Waals surface area contributed by atoms with Gasteiger partial charge in [0, 0.05) is 68.0 Å². The largest absolute Gasteiger partial charge is 0.389 e. The molecule has 610 valence electrons. The maximum absolute atomic E-state index is 13.3. The Bertz CT molecular complexity index is 5580. The number of nitrogens with zero attached hydrogens (tertiary/aromatic N) is 10. The van der Waals surface area contributed by atoms with E-state index in [-0.39, 0.29) is 41.9 Å². The van der Waals surface area contributed by atoms with Crippen LogP contribution in [0, 0.1) is 0 Å². The highest BCUT2D eigenvalue weighted by Crippen LogP contribution is 2.26. The van der Waals surface area contributed by atoms with Crippen molar-refractivity contribution in [2.75, 3.05) is 34.9 Å². The number of nitrogens with one attached hydrogen (secondary N) is 7. The molecule has 0 aliphatic rings. The molecule has 0 saturated heterocycles. The zero-order valence-electron chi connectivity index (χ0n) is 64.8. The normalized spacial score (nSPS) is 11.6. The lowest BCUT2D eigenvalue weighted by molar-refractivity contribution is -0.145. The summed E-state index contributed by atoms with van der Waals surface area (Å²) in [6.07, 6.45) is 3.99. The molecule has 5 aromatic heterocycles. The van der Waals surface area contributed by atoms with E-state index in [2.05, 4.69) is 72.7 Å². The quantitative estimate of drug-likeness (QED) is 0.0146. The van der Waals surface area contributed by atoms with Crippen LogP contribution in [0.15, 0.2) is 273 Å². The average molecular weight is 1670 g/mol. The van der Waals surface area contributed by atoms with E-state index in [1.807, 2.05) is 248 Å². The molecule has 13 rings (SSSR count). The van der Waals surface area contributed by atoms with Gasteiger partial charge in [-0.2, -0.15) is 31.3 Å². The molecule has 0 saturated carbocycles. The Morgan fingerprint density at radius 1 is 0.383 bits per heavy atom. The SMILES string of the molecule is CN(C)NC(=O)C(=O)C(Cc1ccccc1)NC(=O)c1nsnc1-c1ccccc1.CONC(=O)C(=O)C(Cc1ccccc1)NC(=O)c1cccnc1-n1ccc(-c2ccccc2)n1.CONC(=O)C(=O)C(Cc1ccccc1)NC(=O)c1nsnc1-c1ccccc1.O=C(NC(Cc1ccccc1)C(=O)CO)c1nsnc1-c1ccccc1. The topological polar surface area (TPSA) is 422 Å². The van der Waals surface area contributed by atoms with Crippen LogP contribution < -0.4 is 37.7 Å². The van der Waals surface area contributed by atoms with Crippen molar-refractivity contribution < 1.29 is 67.5 Å². The molecule has 4 atom stereocenters. The number of hydrazine groups is 1. The number of Topliss-reactive ketones (excluding diaryl/α,β-unsaturated/α-hetero) is 4. The fourth-order valence-electron chi connectivity index (χ4n) is 11.6. The number of aromatic nitrogens is 9. The second-order valence-electron chi connectivity index (χ2n) is 26.1. The van der Waals surface area contributed by atoms with Gasteiger partial charge in [0.2, 0.25) is 17.3 Å². The van der Waals surface area contributed by atoms with Gasteiger partial charge in [-0.25, -0.2) is 25.6 Å². The number of hydrogen-bond acceptors (Lipinski definition) is 26. The minimum atomic E-state index is -1.12. The number of carbonyl (C=O) groups is 11. The summed E-state index contributed by atoms with van der Waals surface area (Å²) in [7, 11) is 5.65. The second kappa shape index (κ2) is 45.2. The molecule has 0 radical (unpaired) electrons. The number of benzene rings is 8. The maximum atomic E-state index is 13.3. The minimum Gasteiger partial charge on any atom is -0.389 e. The van der Waals surface area contributed by atoms with Gasteiger partial charge >= 0.3 is 17.7 Å². The first-order chi connectivity index (χ1) is 58.3. The van der Waals surface area contributed by atoms with Crippen LogP contribution in [0.3, 0.4) is 0 Å². The molecule has 8 N–H and O–H groups in total. The van der Waals surface area contributed by atoms with Crippen LogP contribution in [-0.2, 0) is 68.9 Å². The van der Waals surface area contributed by atoms with E-state index in [0.717, 1.165) is 85.4 Å². The van der Waals surface area contributed by atoms with Crippen molar-refractivity contribution in [1.82, 2.24) is 83.7 Å². The monoisotopic (exact) mass is 1670 g/mol. The zero-order valence-corrected chi connectivity index (χ0v) is 67.2. The van der Waals surface area contributed by atoms with E-state index in [1.165, 1.54) is 23.9 Å². The summed E-state index contributed by atoms with van der Waals surface area (Å²) in [4.78, 5) is 152. The maximum Gasteiger partial charge on any atom is 0.313 e. The van der Waals surface area contributed by atoms with E-state index < -0.39 is 95.3 Å². The van der Waals surface area contributed by atoms with Crippen molar-refractivity contribution in [3.05, 3.63) is 318 Å². The molecule has 5 heterocycles. The van der Waals surface area contributed by atoms with E-state index in [4.69, 9.17) is 0 Å². The third-order valence-electron chi connectivity index (χ3n) is 17.4. The molecule has 7 amide bonds. The molecule has 0 aliphatic carbocycles. The van der Waals surface area contributed by atoms with E-state index in [1.54, 1.807) is 50.8 Å². The number of rotatable bonds is 32. The molecule has 0 aliphatic heterocycles. The lowest BCUT2D eigenvalue weighted by atomic mass is 10.0. The van der Waals surface area contributed by atoms with E-state index in [9.17, 15) is 57.8 Å². The van der Waals surface area contributed by atoms with Crippen molar-refractivity contribution in [2.24, 2.45) is 0 Å². The van der Waals surface area contributed by atoms with Gasteiger partial charge in [0.1, 0.15) is 41.8 Å². The van der Waals surface area contributed by atoms with Crippen molar-refractivity contribution in [3.8, 4) is 50.8 Å². The van der Waals surface area contributed by atoms with Gasteiger partial charge in [0.05, 0.1) is 66.7 Å². The zero-order chi connectivity index (χ0) is 85.1. The van der Waals surface area contributed by atoms with Gasteiger partial charge < -0.3 is 26.4 Å². The Kier molecular flexibility index (Phi) is 33.1. The third kappa shape index (κ3) is 25.3. The number of aliphatic hydroxyl groups is 1. The van der Waals surface area contributed by atoms with Gasteiger partial charge in [-0.1, -0.05) is 243 Å². The summed E-state index contributed by atoms with van der Waals surface area (Å²) in [5.41, 5.74) is 15.5. The minimum absolute atomic E-state index is 0.0965. The predicted octanol–water partition coefficient (Wildman–Crippen LogP) is 8.13. The third-order valence-corrected chi connectivity index (χ3v) is 19.0. The molecule has 0 spiro atoms. The van der Waals surface area contributed by atoms with Crippen molar-refractivity contribution in [1.29, 1.82) is 0 Å². The van der Waals surface area contributed by atoms with Crippen molar-refractivity contribution >= 4 is 99.7 Å². The molecular weight excluding hydrogens is 1590 g/mol. The molecule has 0 fully saturated rings. The van der Waals surface area contributed by atoms with Gasteiger partial charge in [-0.15, -0.1) is 0 Å². The fraction of sp³-hybridized carbons (Fsp3) is 0.151. The van der Waals surface area contributed by atoms with Crippen LogP contribution in [0.5, 0.6) is 0 Å². The van der Waals surface area contributed by atoms with Gasteiger partial charge in [0.15, 0.2) is 28.7 Å². The molecule has 13 aromatic rings. The molecule has 31 nitrogen and oxygen atoms in total. The average Bonchev–Trinajstić information content (AvgIpc) is 1.58. The summed E-state index contributed by atoms with van der Waals surface area (Å²) in [5.74, 6) is -7.48. The smallest absolute Gasteiger partial charge is 0.313 e. The number of pyridine rings is 1. The Balaban J connectivity index is 0.000000169. The molecule has 0 bridgehead atoms. The lowest BCUT2D eigenvalue weighted by Gasteiger charge is -2.19. The van der Waals surface area contributed by atoms with Crippen molar-refractivity contribution in [2.45, 2.75) is 49.9 Å². The molecule has 34 heteroatoms. The van der Waals surface area contributed by atoms with Gasteiger partial charge in [-0.3, -0.25) is 67.8 Å². The van der Waals surface area contributed by atoms with Gasteiger partial charge in [0.25, 0.3) is 23.6 Å². The Morgan fingerprint density at radius 2 is 0.700 bits per heavy atom. The number of aliphatic hydroxyl groups excluding tert-OH is 1. The highest BCUT2D eigenvalue weighted by atomic mass is 32.1. The summed E-state index contributed by atoms with van der Waals surface area (Å²) < 4.78 is 26.4. The van der Waals surface area contributed by atoms with E-state index >= 15 is 0 Å². The van der Waals surface area contributed by atoms with Crippen LogP contribution in [0.2, 0.25) is 0 Å². The number of hydroxylamine groups is 2. The molecular formula is C86H79N17O14S3. The Morgan fingerprint density at radius 3 is 1.04 bits per heavy atom. The fourth-order valence-corrected chi connectivity index (χ4v) is 13.3. The Hall–Kier alpha value is -14.4. The predicted molar refractivity (Wildman–Crippen MR) is 448 cm³/mol. The summed E-state index contributed by atoms with van der Waals surface area (Å²) in [6.45, 7) is -0.640. The lowest BCUT2D eigenvalue weighted by Crippen LogP contribution is -2.51. The van der Waals surface area contributed by atoms with Crippen LogP contribution in [0.25, 0.3) is 50.8 Å².